The fraction of sp³-hybridized carbons (Fsp3) is 0.857. The van der Waals surface area contributed by atoms with E-state index in [-0.39, 0.29) is 0 Å². The molecule has 0 radical (unpaired) electrons. The van der Waals surface area contributed by atoms with Gasteiger partial charge in [-0.3, -0.25) is 9.89 Å². The summed E-state index contributed by atoms with van der Waals surface area (Å²) in [6, 6.07) is 0.543. The largest absolute Gasteiger partial charge is 0.377 e. The van der Waals surface area contributed by atoms with Crippen molar-refractivity contribution >= 4 is 5.96 Å². The zero-order valence-electron chi connectivity index (χ0n) is 17.2. The van der Waals surface area contributed by atoms with E-state index in [1.54, 1.807) is 0 Å². The number of guanidine groups is 1. The lowest BCUT2D eigenvalue weighted by Crippen LogP contribution is -2.44. The molecule has 2 aliphatic rings. The van der Waals surface area contributed by atoms with E-state index in [2.05, 4.69) is 42.4 Å². The fourth-order valence-corrected chi connectivity index (χ4v) is 3.84. The molecule has 1 fully saturated rings. The molecular formula is C21H40N4O. The van der Waals surface area contributed by atoms with Crippen LogP contribution in [0.5, 0.6) is 0 Å². The van der Waals surface area contributed by atoms with Gasteiger partial charge in [-0.15, -0.1) is 0 Å². The zero-order valence-corrected chi connectivity index (χ0v) is 17.2. The molecule has 150 valence electrons. The minimum atomic E-state index is 0.543. The molecule has 1 unspecified atom stereocenters. The van der Waals surface area contributed by atoms with Crippen LogP contribution >= 0.6 is 0 Å². The van der Waals surface area contributed by atoms with Crippen molar-refractivity contribution in [2.24, 2.45) is 10.9 Å². The monoisotopic (exact) mass is 364 g/mol. The van der Waals surface area contributed by atoms with Gasteiger partial charge in [-0.1, -0.05) is 38.3 Å². The van der Waals surface area contributed by atoms with Crippen molar-refractivity contribution < 1.29 is 4.74 Å². The Morgan fingerprint density at radius 2 is 1.96 bits per heavy atom. The summed E-state index contributed by atoms with van der Waals surface area (Å²) in [4.78, 5) is 7.61. The number of ether oxygens (including phenoxy) is 1. The summed E-state index contributed by atoms with van der Waals surface area (Å²) in [7, 11) is 0. The van der Waals surface area contributed by atoms with Gasteiger partial charge in [0.25, 0.3) is 0 Å². The van der Waals surface area contributed by atoms with Gasteiger partial charge < -0.3 is 15.4 Å². The van der Waals surface area contributed by atoms with E-state index in [1.807, 2.05) is 0 Å². The molecule has 0 aliphatic carbocycles. The molecule has 26 heavy (non-hydrogen) atoms. The van der Waals surface area contributed by atoms with Crippen molar-refractivity contribution in [3.8, 4) is 0 Å². The third-order valence-corrected chi connectivity index (χ3v) is 5.46. The minimum Gasteiger partial charge on any atom is -0.377 e. The molecule has 0 aromatic rings. The van der Waals surface area contributed by atoms with E-state index in [1.165, 1.54) is 44.3 Å². The molecule has 0 spiro atoms. The molecule has 2 heterocycles. The Bertz CT molecular complexity index is 439. The Labute approximate surface area is 160 Å². The van der Waals surface area contributed by atoms with Crippen molar-refractivity contribution in [1.82, 2.24) is 15.5 Å². The average molecular weight is 365 g/mol. The van der Waals surface area contributed by atoms with Gasteiger partial charge in [0.2, 0.25) is 0 Å². The second-order valence-electron chi connectivity index (χ2n) is 7.85. The lowest BCUT2D eigenvalue weighted by molar-refractivity contribution is 0.153. The molecule has 2 aliphatic heterocycles. The van der Waals surface area contributed by atoms with Crippen LogP contribution < -0.4 is 10.6 Å². The molecule has 0 amide bonds. The van der Waals surface area contributed by atoms with Gasteiger partial charge in [0.15, 0.2) is 5.96 Å². The molecule has 1 atom stereocenters. The highest BCUT2D eigenvalue weighted by Gasteiger charge is 2.22. The summed E-state index contributed by atoms with van der Waals surface area (Å²) >= 11 is 0. The first-order chi connectivity index (χ1) is 12.7. The van der Waals surface area contributed by atoms with Crippen LogP contribution in [-0.4, -0.2) is 62.8 Å². The number of hydrogen-bond donors (Lipinski definition) is 2. The topological polar surface area (TPSA) is 48.9 Å². The van der Waals surface area contributed by atoms with Crippen molar-refractivity contribution in [2.75, 3.05) is 45.9 Å². The lowest BCUT2D eigenvalue weighted by Gasteiger charge is -2.32. The molecule has 5 heteroatoms. The summed E-state index contributed by atoms with van der Waals surface area (Å²) in [5, 5.41) is 6.92. The van der Waals surface area contributed by atoms with Crippen molar-refractivity contribution in [3.05, 3.63) is 11.6 Å². The third kappa shape index (κ3) is 7.67. The number of likely N-dealkylation sites (tertiary alicyclic amines) is 1. The van der Waals surface area contributed by atoms with Crippen LogP contribution in [0.1, 0.15) is 59.3 Å². The molecule has 0 saturated carbocycles. The van der Waals surface area contributed by atoms with Gasteiger partial charge in [-0.05, 0) is 51.6 Å². The predicted octanol–water partition coefficient (Wildman–Crippen LogP) is 3.18. The molecule has 0 aromatic carbocycles. The molecule has 1 saturated heterocycles. The Kier molecular flexibility index (Phi) is 10.1. The average Bonchev–Trinajstić information content (AvgIpc) is 2.92. The van der Waals surface area contributed by atoms with Gasteiger partial charge in [-0.2, -0.15) is 0 Å². The second kappa shape index (κ2) is 12.3. The number of aliphatic imine (C=N–C) groups is 1. The Morgan fingerprint density at radius 1 is 1.19 bits per heavy atom. The van der Waals surface area contributed by atoms with E-state index >= 15 is 0 Å². The maximum atomic E-state index is 5.38. The van der Waals surface area contributed by atoms with E-state index in [4.69, 9.17) is 9.73 Å². The van der Waals surface area contributed by atoms with Crippen LogP contribution in [0.2, 0.25) is 0 Å². The van der Waals surface area contributed by atoms with Crippen molar-refractivity contribution in [2.45, 2.75) is 65.3 Å². The van der Waals surface area contributed by atoms with Crippen LogP contribution in [0.3, 0.4) is 0 Å². The summed E-state index contributed by atoms with van der Waals surface area (Å²) in [5.41, 5.74) is 1.50. The Morgan fingerprint density at radius 3 is 2.58 bits per heavy atom. The molecule has 5 nitrogen and oxygen atoms in total. The fourth-order valence-electron chi connectivity index (χ4n) is 3.84. The summed E-state index contributed by atoms with van der Waals surface area (Å²) in [5.74, 6) is 1.59. The standard InChI is InChI=1S/C21H40N4O/c1-4-22-21(23-12-9-19-10-15-26-16-11-19)24-17-20(18(2)3)25-13-7-5-6-8-14-25/h10,18,20H,4-9,11-17H2,1-3H3,(H2,22,23,24). The molecule has 0 aromatic heterocycles. The normalized spacial score (nSPS) is 21.2. The van der Waals surface area contributed by atoms with Crippen LogP contribution in [0, 0.1) is 5.92 Å². The van der Waals surface area contributed by atoms with Crippen LogP contribution in [0.25, 0.3) is 0 Å². The van der Waals surface area contributed by atoms with Crippen molar-refractivity contribution in [3.63, 3.8) is 0 Å². The number of rotatable bonds is 8. The third-order valence-electron chi connectivity index (χ3n) is 5.46. The second-order valence-corrected chi connectivity index (χ2v) is 7.85. The number of hydrogen-bond acceptors (Lipinski definition) is 3. The first kappa shape index (κ1) is 21.2. The van der Waals surface area contributed by atoms with Gasteiger partial charge in [0.1, 0.15) is 0 Å². The van der Waals surface area contributed by atoms with Crippen LogP contribution in [0.4, 0.5) is 0 Å². The van der Waals surface area contributed by atoms with E-state index in [9.17, 15) is 0 Å². The van der Waals surface area contributed by atoms with Crippen molar-refractivity contribution in [1.29, 1.82) is 0 Å². The SMILES string of the molecule is CCNC(=NCC(C(C)C)N1CCCCCC1)NCCC1=CCOCC1. The zero-order chi connectivity index (χ0) is 18.6. The van der Waals surface area contributed by atoms with E-state index < -0.39 is 0 Å². The van der Waals surface area contributed by atoms with Gasteiger partial charge in [-0.25, -0.2) is 0 Å². The number of nitrogens with zero attached hydrogens (tertiary/aromatic N) is 2. The Hall–Kier alpha value is -1.07. The van der Waals surface area contributed by atoms with Crippen LogP contribution in [-0.2, 0) is 4.74 Å². The maximum Gasteiger partial charge on any atom is 0.191 e. The molecule has 2 rings (SSSR count). The Balaban J connectivity index is 1.86. The highest BCUT2D eigenvalue weighted by atomic mass is 16.5. The smallest absolute Gasteiger partial charge is 0.191 e. The highest BCUT2D eigenvalue weighted by Crippen LogP contribution is 2.18. The predicted molar refractivity (Wildman–Crippen MR) is 111 cm³/mol. The molecule has 2 N–H and O–H groups in total. The number of nitrogens with one attached hydrogen (secondary N) is 2. The summed E-state index contributed by atoms with van der Waals surface area (Å²) in [6.45, 7) is 13.6. The van der Waals surface area contributed by atoms with Gasteiger partial charge in [0.05, 0.1) is 19.8 Å². The molecule has 0 bridgehead atoms. The van der Waals surface area contributed by atoms with Gasteiger partial charge in [0, 0.05) is 19.1 Å². The minimum absolute atomic E-state index is 0.543. The van der Waals surface area contributed by atoms with E-state index in [0.29, 0.717) is 12.0 Å². The highest BCUT2D eigenvalue weighted by molar-refractivity contribution is 5.79. The lowest BCUT2D eigenvalue weighted by atomic mass is 10.0. The first-order valence-corrected chi connectivity index (χ1v) is 10.7. The first-order valence-electron chi connectivity index (χ1n) is 10.7. The van der Waals surface area contributed by atoms with Gasteiger partial charge >= 0.3 is 0 Å². The maximum absolute atomic E-state index is 5.38. The summed E-state index contributed by atoms with van der Waals surface area (Å²) < 4.78 is 5.38. The molecular weight excluding hydrogens is 324 g/mol. The quantitative estimate of drug-likeness (QED) is 0.395. The van der Waals surface area contributed by atoms with Crippen LogP contribution in [0.15, 0.2) is 16.6 Å². The summed E-state index contributed by atoms with van der Waals surface area (Å²) in [6.07, 6.45) is 9.82. The van der Waals surface area contributed by atoms with E-state index in [0.717, 1.165) is 51.6 Å².